The van der Waals surface area contributed by atoms with Gasteiger partial charge in [-0.3, -0.25) is 0 Å². The summed E-state index contributed by atoms with van der Waals surface area (Å²) < 4.78 is 11.0. The Kier molecular flexibility index (Phi) is 6.89. The molecule has 1 unspecified atom stereocenters. The number of benzene rings is 1. The molecule has 0 heterocycles. The highest BCUT2D eigenvalue weighted by molar-refractivity contribution is 5.41. The van der Waals surface area contributed by atoms with E-state index in [9.17, 15) is 0 Å². The lowest BCUT2D eigenvalue weighted by Crippen LogP contribution is -2.20. The standard InChI is InChI=1S/C16H24N2O2/c1-5-14(9-17)20-16-8-15(19-4)7-6-13(16)11-18-10-12(2)3/h6-8,12,14,18H,5,10-11H2,1-4H3. The van der Waals surface area contributed by atoms with Gasteiger partial charge >= 0.3 is 0 Å². The van der Waals surface area contributed by atoms with Crippen LogP contribution in [-0.2, 0) is 6.54 Å². The summed E-state index contributed by atoms with van der Waals surface area (Å²) in [4.78, 5) is 0. The monoisotopic (exact) mass is 276 g/mol. The van der Waals surface area contributed by atoms with E-state index in [4.69, 9.17) is 14.7 Å². The first-order valence-corrected chi connectivity index (χ1v) is 7.04. The van der Waals surface area contributed by atoms with Crippen LogP contribution in [-0.4, -0.2) is 19.8 Å². The van der Waals surface area contributed by atoms with Crippen molar-refractivity contribution in [2.75, 3.05) is 13.7 Å². The molecule has 0 bridgehead atoms. The molecular weight excluding hydrogens is 252 g/mol. The van der Waals surface area contributed by atoms with E-state index >= 15 is 0 Å². The highest BCUT2D eigenvalue weighted by Crippen LogP contribution is 2.26. The highest BCUT2D eigenvalue weighted by atomic mass is 16.5. The van der Waals surface area contributed by atoms with E-state index in [0.717, 1.165) is 24.4 Å². The fourth-order valence-electron chi connectivity index (χ4n) is 1.77. The molecule has 110 valence electrons. The summed E-state index contributed by atoms with van der Waals surface area (Å²) >= 11 is 0. The van der Waals surface area contributed by atoms with Crippen molar-refractivity contribution in [3.8, 4) is 17.6 Å². The van der Waals surface area contributed by atoms with Gasteiger partial charge in [0.15, 0.2) is 6.10 Å². The number of hydrogen-bond acceptors (Lipinski definition) is 4. The predicted octanol–water partition coefficient (Wildman–Crippen LogP) is 3.12. The third-order valence-corrected chi connectivity index (χ3v) is 2.93. The van der Waals surface area contributed by atoms with Crippen LogP contribution in [0.5, 0.6) is 11.5 Å². The van der Waals surface area contributed by atoms with E-state index in [2.05, 4.69) is 25.2 Å². The molecule has 0 spiro atoms. The van der Waals surface area contributed by atoms with Crippen molar-refractivity contribution < 1.29 is 9.47 Å². The Labute approximate surface area is 121 Å². The Balaban J connectivity index is 2.83. The summed E-state index contributed by atoms with van der Waals surface area (Å²) in [6.07, 6.45) is 0.234. The number of methoxy groups -OCH3 is 1. The van der Waals surface area contributed by atoms with Crippen LogP contribution >= 0.6 is 0 Å². The van der Waals surface area contributed by atoms with Gasteiger partial charge in [0, 0.05) is 18.2 Å². The zero-order valence-corrected chi connectivity index (χ0v) is 12.8. The molecule has 0 amide bonds. The van der Waals surface area contributed by atoms with Gasteiger partial charge in [0.1, 0.15) is 17.6 Å². The van der Waals surface area contributed by atoms with Crippen molar-refractivity contribution in [3.05, 3.63) is 23.8 Å². The number of nitriles is 1. The highest BCUT2D eigenvalue weighted by Gasteiger charge is 2.11. The van der Waals surface area contributed by atoms with Crippen LogP contribution in [0, 0.1) is 17.2 Å². The van der Waals surface area contributed by atoms with E-state index < -0.39 is 6.10 Å². The summed E-state index contributed by atoms with van der Waals surface area (Å²) in [6, 6.07) is 7.88. The van der Waals surface area contributed by atoms with Crippen LogP contribution in [0.4, 0.5) is 0 Å². The van der Waals surface area contributed by atoms with Crippen molar-refractivity contribution in [1.29, 1.82) is 5.26 Å². The minimum Gasteiger partial charge on any atom is -0.497 e. The molecule has 4 heteroatoms. The molecule has 0 radical (unpaired) electrons. The van der Waals surface area contributed by atoms with Crippen LogP contribution in [0.3, 0.4) is 0 Å². The number of nitrogens with one attached hydrogen (secondary N) is 1. The van der Waals surface area contributed by atoms with Gasteiger partial charge in [-0.2, -0.15) is 5.26 Å². The molecule has 0 saturated heterocycles. The van der Waals surface area contributed by atoms with E-state index in [1.54, 1.807) is 7.11 Å². The van der Waals surface area contributed by atoms with Crippen molar-refractivity contribution in [2.24, 2.45) is 5.92 Å². The third-order valence-electron chi connectivity index (χ3n) is 2.93. The van der Waals surface area contributed by atoms with E-state index in [1.807, 2.05) is 25.1 Å². The summed E-state index contributed by atoms with van der Waals surface area (Å²) in [5, 5.41) is 12.4. The number of nitrogens with zero attached hydrogens (tertiary/aromatic N) is 1. The van der Waals surface area contributed by atoms with Crippen molar-refractivity contribution in [2.45, 2.75) is 39.8 Å². The van der Waals surface area contributed by atoms with Crippen LogP contribution in [0.2, 0.25) is 0 Å². The van der Waals surface area contributed by atoms with Crippen molar-refractivity contribution >= 4 is 0 Å². The summed E-state index contributed by atoms with van der Waals surface area (Å²) in [5.41, 5.74) is 1.04. The first-order valence-electron chi connectivity index (χ1n) is 7.04. The Morgan fingerprint density at radius 3 is 2.65 bits per heavy atom. The van der Waals surface area contributed by atoms with E-state index in [0.29, 0.717) is 18.1 Å². The fourth-order valence-corrected chi connectivity index (χ4v) is 1.77. The SMILES string of the molecule is CCC(C#N)Oc1cc(OC)ccc1CNCC(C)C. The third kappa shape index (κ3) is 5.10. The van der Waals surface area contributed by atoms with Crippen LogP contribution in [0.25, 0.3) is 0 Å². The topological polar surface area (TPSA) is 54.3 Å². The summed E-state index contributed by atoms with van der Waals surface area (Å²) in [7, 11) is 1.62. The van der Waals surface area contributed by atoms with Crippen molar-refractivity contribution in [3.63, 3.8) is 0 Å². The van der Waals surface area contributed by atoms with Gasteiger partial charge < -0.3 is 14.8 Å². The summed E-state index contributed by atoms with van der Waals surface area (Å²) in [6.45, 7) is 7.94. The quantitative estimate of drug-likeness (QED) is 0.792. The zero-order valence-electron chi connectivity index (χ0n) is 12.8. The lowest BCUT2D eigenvalue weighted by atomic mass is 10.1. The number of ether oxygens (including phenoxy) is 2. The van der Waals surface area contributed by atoms with E-state index in [1.165, 1.54) is 0 Å². The molecule has 0 aliphatic carbocycles. The second-order valence-corrected chi connectivity index (χ2v) is 5.14. The number of rotatable bonds is 8. The largest absolute Gasteiger partial charge is 0.497 e. The molecule has 1 N–H and O–H groups in total. The Bertz CT molecular complexity index is 452. The van der Waals surface area contributed by atoms with E-state index in [-0.39, 0.29) is 0 Å². The van der Waals surface area contributed by atoms with Gasteiger partial charge in [-0.15, -0.1) is 0 Å². The Morgan fingerprint density at radius 2 is 2.10 bits per heavy atom. The lowest BCUT2D eigenvalue weighted by Gasteiger charge is -2.16. The maximum absolute atomic E-state index is 9.03. The first kappa shape index (κ1) is 16.3. The molecule has 20 heavy (non-hydrogen) atoms. The summed E-state index contributed by atoms with van der Waals surface area (Å²) in [5.74, 6) is 2.05. The first-order chi connectivity index (χ1) is 9.60. The zero-order chi connectivity index (χ0) is 15.0. The van der Waals surface area contributed by atoms with Gasteiger partial charge in [0.05, 0.1) is 7.11 Å². The Morgan fingerprint density at radius 1 is 1.35 bits per heavy atom. The number of hydrogen-bond donors (Lipinski definition) is 1. The molecule has 1 aromatic rings. The fraction of sp³-hybridized carbons (Fsp3) is 0.562. The minimum atomic E-state index is -0.425. The van der Waals surface area contributed by atoms with Crippen LogP contribution < -0.4 is 14.8 Å². The molecule has 0 saturated carbocycles. The van der Waals surface area contributed by atoms with Gasteiger partial charge in [0.25, 0.3) is 0 Å². The molecule has 1 aromatic carbocycles. The molecule has 1 atom stereocenters. The molecule has 0 aliphatic heterocycles. The van der Waals surface area contributed by atoms with Gasteiger partial charge in [-0.1, -0.05) is 26.8 Å². The molecule has 1 rings (SSSR count). The van der Waals surface area contributed by atoms with Gasteiger partial charge in [-0.05, 0) is 24.9 Å². The minimum absolute atomic E-state index is 0.425. The smallest absolute Gasteiger partial charge is 0.184 e. The average molecular weight is 276 g/mol. The lowest BCUT2D eigenvalue weighted by molar-refractivity contribution is 0.247. The second kappa shape index (κ2) is 8.44. The second-order valence-electron chi connectivity index (χ2n) is 5.14. The normalized spacial score (nSPS) is 12.0. The predicted molar refractivity (Wildman–Crippen MR) is 79.9 cm³/mol. The van der Waals surface area contributed by atoms with Gasteiger partial charge in [0.2, 0.25) is 0 Å². The van der Waals surface area contributed by atoms with Crippen LogP contribution in [0.15, 0.2) is 18.2 Å². The molecule has 0 fully saturated rings. The van der Waals surface area contributed by atoms with Crippen LogP contribution in [0.1, 0.15) is 32.8 Å². The molecular formula is C16H24N2O2. The molecule has 0 aliphatic rings. The maximum Gasteiger partial charge on any atom is 0.184 e. The average Bonchev–Trinajstić information content (AvgIpc) is 2.45. The molecule has 4 nitrogen and oxygen atoms in total. The maximum atomic E-state index is 9.03. The van der Waals surface area contributed by atoms with Gasteiger partial charge in [-0.25, -0.2) is 0 Å². The van der Waals surface area contributed by atoms with Crippen molar-refractivity contribution in [1.82, 2.24) is 5.32 Å². The Hall–Kier alpha value is -1.73. The molecule has 0 aromatic heterocycles.